The van der Waals surface area contributed by atoms with E-state index in [0.29, 0.717) is 0 Å². The third-order valence-corrected chi connectivity index (χ3v) is 4.22. The van der Waals surface area contributed by atoms with Gasteiger partial charge in [0.25, 0.3) is 11.6 Å². The van der Waals surface area contributed by atoms with Crippen molar-refractivity contribution in [3.8, 4) is 5.75 Å². The van der Waals surface area contributed by atoms with Gasteiger partial charge >= 0.3 is 0 Å². The van der Waals surface area contributed by atoms with Gasteiger partial charge in [0, 0.05) is 16.4 Å². The standard InChI is InChI=1S/C13H17BrN2O4/c1-8(14)13(2,3)15-12(17)10-6-5-9(16(18)19)7-11(10)20-4/h5-8H,1-4H3,(H,15,17). The van der Waals surface area contributed by atoms with Crippen LogP contribution in [0, 0.1) is 10.1 Å². The molecule has 0 fully saturated rings. The highest BCUT2D eigenvalue weighted by Crippen LogP contribution is 2.26. The van der Waals surface area contributed by atoms with Gasteiger partial charge in [-0.05, 0) is 19.9 Å². The summed E-state index contributed by atoms with van der Waals surface area (Å²) >= 11 is 3.43. The molecular formula is C13H17BrN2O4. The molecule has 1 amide bonds. The Morgan fingerprint density at radius 1 is 1.50 bits per heavy atom. The van der Waals surface area contributed by atoms with Crippen LogP contribution in [0.4, 0.5) is 5.69 Å². The molecule has 6 nitrogen and oxygen atoms in total. The number of benzene rings is 1. The molecule has 0 aliphatic heterocycles. The molecule has 1 atom stereocenters. The lowest BCUT2D eigenvalue weighted by Gasteiger charge is -2.29. The van der Waals surface area contributed by atoms with Crippen molar-refractivity contribution in [2.75, 3.05) is 7.11 Å². The molecule has 1 rings (SSSR count). The van der Waals surface area contributed by atoms with Crippen molar-refractivity contribution < 1.29 is 14.5 Å². The number of alkyl halides is 1. The van der Waals surface area contributed by atoms with E-state index in [0.717, 1.165) is 0 Å². The van der Waals surface area contributed by atoms with Gasteiger partial charge in [-0.3, -0.25) is 14.9 Å². The smallest absolute Gasteiger partial charge is 0.273 e. The van der Waals surface area contributed by atoms with Crippen molar-refractivity contribution in [2.24, 2.45) is 0 Å². The molecule has 0 aliphatic carbocycles. The SMILES string of the molecule is COc1cc([N+](=O)[O-])ccc1C(=O)NC(C)(C)C(C)Br. The van der Waals surface area contributed by atoms with Gasteiger partial charge in [0.05, 0.1) is 23.7 Å². The summed E-state index contributed by atoms with van der Waals surface area (Å²) < 4.78 is 5.06. The van der Waals surface area contributed by atoms with Crippen LogP contribution >= 0.6 is 15.9 Å². The molecule has 0 aliphatic rings. The second-order valence-corrected chi connectivity index (χ2v) is 6.31. The quantitative estimate of drug-likeness (QED) is 0.505. The Morgan fingerprint density at radius 2 is 2.10 bits per heavy atom. The van der Waals surface area contributed by atoms with E-state index in [9.17, 15) is 14.9 Å². The second kappa shape index (κ2) is 6.21. The van der Waals surface area contributed by atoms with Gasteiger partial charge in [-0.15, -0.1) is 0 Å². The number of nitrogens with zero attached hydrogens (tertiary/aromatic N) is 1. The average molecular weight is 345 g/mol. The van der Waals surface area contributed by atoms with Gasteiger partial charge in [-0.2, -0.15) is 0 Å². The molecule has 0 saturated carbocycles. The molecule has 0 aromatic heterocycles. The van der Waals surface area contributed by atoms with E-state index in [-0.39, 0.29) is 27.7 Å². The number of carbonyl (C=O) groups is 1. The van der Waals surface area contributed by atoms with E-state index in [4.69, 9.17) is 4.74 Å². The molecule has 0 saturated heterocycles. The first kappa shape index (κ1) is 16.4. The molecule has 1 unspecified atom stereocenters. The van der Waals surface area contributed by atoms with E-state index < -0.39 is 10.5 Å². The van der Waals surface area contributed by atoms with Gasteiger partial charge in [-0.25, -0.2) is 0 Å². The van der Waals surface area contributed by atoms with E-state index in [1.165, 1.54) is 25.3 Å². The molecule has 1 N–H and O–H groups in total. The number of amides is 1. The first-order valence-corrected chi connectivity index (χ1v) is 6.89. The normalized spacial score (nSPS) is 12.7. The number of halogens is 1. The number of nitrogens with one attached hydrogen (secondary N) is 1. The number of non-ortho nitro benzene ring substituents is 1. The third-order valence-electron chi connectivity index (χ3n) is 3.07. The van der Waals surface area contributed by atoms with Crippen LogP contribution in [0.1, 0.15) is 31.1 Å². The van der Waals surface area contributed by atoms with Gasteiger partial charge < -0.3 is 10.1 Å². The summed E-state index contributed by atoms with van der Waals surface area (Å²) in [6.45, 7) is 5.68. The molecule has 0 radical (unpaired) electrons. The Balaban J connectivity index is 3.08. The highest BCUT2D eigenvalue weighted by Gasteiger charge is 2.27. The predicted molar refractivity (Wildman–Crippen MR) is 79.6 cm³/mol. The van der Waals surface area contributed by atoms with Crippen LogP contribution in [0.5, 0.6) is 5.75 Å². The fraction of sp³-hybridized carbons (Fsp3) is 0.462. The van der Waals surface area contributed by atoms with Crippen LogP contribution in [0.15, 0.2) is 18.2 Å². The van der Waals surface area contributed by atoms with Gasteiger partial charge in [0.1, 0.15) is 5.75 Å². The number of carbonyl (C=O) groups excluding carboxylic acids is 1. The first-order chi connectivity index (χ1) is 9.19. The summed E-state index contributed by atoms with van der Waals surface area (Å²) in [5.74, 6) is -0.164. The lowest BCUT2D eigenvalue weighted by molar-refractivity contribution is -0.384. The average Bonchev–Trinajstić information content (AvgIpc) is 2.36. The Hall–Kier alpha value is -1.63. The van der Waals surface area contributed by atoms with Crippen molar-refractivity contribution in [1.29, 1.82) is 0 Å². The maximum Gasteiger partial charge on any atom is 0.273 e. The van der Waals surface area contributed by atoms with Gasteiger partial charge in [0.2, 0.25) is 0 Å². The molecular weight excluding hydrogens is 328 g/mol. The Morgan fingerprint density at radius 3 is 2.55 bits per heavy atom. The van der Waals surface area contributed by atoms with Crippen LogP contribution in [0.3, 0.4) is 0 Å². The van der Waals surface area contributed by atoms with E-state index in [1.807, 2.05) is 20.8 Å². The van der Waals surface area contributed by atoms with Crippen LogP contribution < -0.4 is 10.1 Å². The summed E-state index contributed by atoms with van der Waals surface area (Å²) in [5.41, 5.74) is -0.324. The number of nitro groups is 1. The predicted octanol–water partition coefficient (Wildman–Crippen LogP) is 2.90. The van der Waals surface area contributed by atoms with Crippen molar-refractivity contribution in [3.63, 3.8) is 0 Å². The highest BCUT2D eigenvalue weighted by molar-refractivity contribution is 9.09. The zero-order chi connectivity index (χ0) is 15.5. The monoisotopic (exact) mass is 344 g/mol. The summed E-state index contributed by atoms with van der Waals surface area (Å²) in [4.78, 5) is 22.5. The zero-order valence-corrected chi connectivity index (χ0v) is 13.4. The van der Waals surface area contributed by atoms with E-state index >= 15 is 0 Å². The summed E-state index contributed by atoms with van der Waals surface area (Å²) in [7, 11) is 1.37. The number of hydrogen-bond acceptors (Lipinski definition) is 4. The minimum Gasteiger partial charge on any atom is -0.496 e. The molecule has 110 valence electrons. The molecule has 20 heavy (non-hydrogen) atoms. The molecule has 0 bridgehead atoms. The van der Waals surface area contributed by atoms with Gasteiger partial charge in [-0.1, -0.05) is 22.9 Å². The molecule has 1 aromatic carbocycles. The van der Waals surface area contributed by atoms with E-state index in [1.54, 1.807) is 0 Å². The lowest BCUT2D eigenvalue weighted by Crippen LogP contribution is -2.48. The first-order valence-electron chi connectivity index (χ1n) is 5.98. The Labute approximate surface area is 125 Å². The van der Waals surface area contributed by atoms with Crippen LogP contribution in [0.2, 0.25) is 0 Å². The number of rotatable bonds is 5. The number of methoxy groups -OCH3 is 1. The summed E-state index contributed by atoms with van der Waals surface area (Å²) in [5, 5.41) is 13.6. The van der Waals surface area contributed by atoms with Crippen LogP contribution in [-0.4, -0.2) is 28.3 Å². The fourth-order valence-electron chi connectivity index (χ4n) is 1.44. The summed E-state index contributed by atoms with van der Waals surface area (Å²) in [6, 6.07) is 3.91. The topological polar surface area (TPSA) is 81.5 Å². The third kappa shape index (κ3) is 3.69. The molecule has 7 heteroatoms. The lowest BCUT2D eigenvalue weighted by atomic mass is 10.0. The minimum absolute atomic E-state index is 0.0583. The molecule has 0 spiro atoms. The maximum absolute atomic E-state index is 12.2. The Kier molecular flexibility index (Phi) is 5.10. The largest absolute Gasteiger partial charge is 0.496 e. The number of nitro benzene ring substituents is 1. The fourth-order valence-corrected chi connectivity index (χ4v) is 1.55. The van der Waals surface area contributed by atoms with Gasteiger partial charge in [0.15, 0.2) is 0 Å². The van der Waals surface area contributed by atoms with Crippen LogP contribution in [-0.2, 0) is 0 Å². The number of ether oxygens (including phenoxy) is 1. The summed E-state index contributed by atoms with van der Waals surface area (Å²) in [6.07, 6.45) is 0. The van der Waals surface area contributed by atoms with Crippen LogP contribution in [0.25, 0.3) is 0 Å². The maximum atomic E-state index is 12.2. The minimum atomic E-state index is -0.533. The Bertz CT molecular complexity index is 529. The molecule has 0 heterocycles. The van der Waals surface area contributed by atoms with Crippen molar-refractivity contribution in [1.82, 2.24) is 5.32 Å². The highest BCUT2D eigenvalue weighted by atomic mass is 79.9. The van der Waals surface area contributed by atoms with E-state index in [2.05, 4.69) is 21.2 Å². The number of hydrogen-bond donors (Lipinski definition) is 1. The zero-order valence-electron chi connectivity index (χ0n) is 11.8. The van der Waals surface area contributed by atoms with Crippen molar-refractivity contribution in [3.05, 3.63) is 33.9 Å². The van der Waals surface area contributed by atoms with Crippen molar-refractivity contribution in [2.45, 2.75) is 31.1 Å². The van der Waals surface area contributed by atoms with Crippen molar-refractivity contribution >= 4 is 27.5 Å². The molecule has 1 aromatic rings. The second-order valence-electron chi connectivity index (χ2n) is 4.93.